The largest absolute Gasteiger partial charge is 0.456 e. The Morgan fingerprint density at radius 3 is 2.55 bits per heavy atom. The van der Waals surface area contributed by atoms with Gasteiger partial charge in [0.2, 0.25) is 5.43 Å². The van der Waals surface area contributed by atoms with Crippen LogP contribution in [0.25, 0.3) is 32.7 Å². The van der Waals surface area contributed by atoms with E-state index in [9.17, 15) is 4.79 Å². The van der Waals surface area contributed by atoms with Crippen LogP contribution < -0.4 is 5.43 Å². The van der Waals surface area contributed by atoms with E-state index in [-0.39, 0.29) is 5.43 Å². The highest BCUT2D eigenvalue weighted by atomic mass is 35.5. The highest BCUT2D eigenvalue weighted by molar-refractivity contribution is 6.35. The number of fused-ring (bicyclic) bond motifs is 3. The van der Waals surface area contributed by atoms with E-state index in [4.69, 9.17) is 16.0 Å². The molecule has 2 nitrogen and oxygen atoms in total. The zero-order chi connectivity index (χ0) is 13.7. The molecule has 0 N–H and O–H groups in total. The first kappa shape index (κ1) is 11.5. The second-order valence-corrected chi connectivity index (χ2v) is 5.14. The van der Waals surface area contributed by atoms with Gasteiger partial charge in [-0.05, 0) is 35.7 Å². The molecule has 1 aromatic heterocycles. The molecule has 0 atom stereocenters. The Labute approximate surface area is 119 Å². The number of hydrogen-bond donors (Lipinski definition) is 0. The molecule has 1 heterocycles. The minimum atomic E-state index is -0.0244. The summed E-state index contributed by atoms with van der Waals surface area (Å²) in [6.45, 7) is 0. The van der Waals surface area contributed by atoms with Crippen molar-refractivity contribution in [3.05, 3.63) is 69.8 Å². The standard InChI is InChI=1S/C17H9ClO2/c18-14-6-3-4-10-8-16-13(9-12(10)14)17(19)11-5-1-2-7-15(11)20-16/h1-9H. The number of rotatable bonds is 0. The Morgan fingerprint density at radius 1 is 0.800 bits per heavy atom. The van der Waals surface area contributed by atoms with E-state index in [0.717, 1.165) is 10.8 Å². The highest BCUT2D eigenvalue weighted by Crippen LogP contribution is 2.28. The molecule has 3 heteroatoms. The molecule has 4 aromatic rings. The third-order valence-corrected chi connectivity index (χ3v) is 3.85. The van der Waals surface area contributed by atoms with Gasteiger partial charge in [-0.1, -0.05) is 35.9 Å². The maximum Gasteiger partial charge on any atom is 0.200 e. The van der Waals surface area contributed by atoms with Crippen LogP contribution in [0.3, 0.4) is 0 Å². The second-order valence-electron chi connectivity index (χ2n) is 4.74. The van der Waals surface area contributed by atoms with Gasteiger partial charge in [0.25, 0.3) is 0 Å². The summed E-state index contributed by atoms with van der Waals surface area (Å²) in [6, 6.07) is 16.6. The average molecular weight is 281 g/mol. The molecule has 3 aromatic carbocycles. The quantitative estimate of drug-likeness (QED) is 0.435. The molecule has 0 amide bonds. The monoisotopic (exact) mass is 280 g/mol. The van der Waals surface area contributed by atoms with Crippen molar-refractivity contribution in [1.82, 2.24) is 0 Å². The molecule has 4 rings (SSSR count). The van der Waals surface area contributed by atoms with Crippen LogP contribution >= 0.6 is 11.6 Å². The van der Waals surface area contributed by atoms with Gasteiger partial charge in [0, 0.05) is 10.4 Å². The fourth-order valence-corrected chi connectivity index (χ4v) is 2.77. The van der Waals surface area contributed by atoms with E-state index in [1.165, 1.54) is 0 Å². The Balaban J connectivity index is 2.29. The molecule has 0 radical (unpaired) electrons. The van der Waals surface area contributed by atoms with Crippen molar-refractivity contribution in [2.45, 2.75) is 0 Å². The number of hydrogen-bond acceptors (Lipinski definition) is 2. The maximum atomic E-state index is 12.5. The normalized spacial score (nSPS) is 11.4. The lowest BCUT2D eigenvalue weighted by Crippen LogP contribution is -2.01. The van der Waals surface area contributed by atoms with E-state index in [1.807, 2.05) is 42.5 Å². The minimum Gasteiger partial charge on any atom is -0.456 e. The summed E-state index contributed by atoms with van der Waals surface area (Å²) in [5.74, 6) is 0. The summed E-state index contributed by atoms with van der Waals surface area (Å²) in [6.07, 6.45) is 0. The Morgan fingerprint density at radius 2 is 1.65 bits per heavy atom. The smallest absolute Gasteiger partial charge is 0.200 e. The topological polar surface area (TPSA) is 30.2 Å². The van der Waals surface area contributed by atoms with Gasteiger partial charge in [-0.3, -0.25) is 4.79 Å². The molecule has 0 fully saturated rings. The van der Waals surface area contributed by atoms with Crippen LogP contribution in [0, 0.1) is 0 Å². The van der Waals surface area contributed by atoms with Gasteiger partial charge in [0.05, 0.1) is 10.8 Å². The van der Waals surface area contributed by atoms with Crippen LogP contribution in [0.2, 0.25) is 5.02 Å². The number of para-hydroxylation sites is 1. The fourth-order valence-electron chi connectivity index (χ4n) is 2.53. The predicted molar refractivity (Wildman–Crippen MR) is 82.5 cm³/mol. The molecular weight excluding hydrogens is 272 g/mol. The van der Waals surface area contributed by atoms with Gasteiger partial charge >= 0.3 is 0 Å². The van der Waals surface area contributed by atoms with Crippen molar-refractivity contribution in [2.75, 3.05) is 0 Å². The van der Waals surface area contributed by atoms with E-state index in [0.29, 0.717) is 27.0 Å². The zero-order valence-electron chi connectivity index (χ0n) is 10.4. The first-order valence-electron chi connectivity index (χ1n) is 6.28. The van der Waals surface area contributed by atoms with Crippen molar-refractivity contribution in [3.63, 3.8) is 0 Å². The first-order chi connectivity index (χ1) is 9.74. The lowest BCUT2D eigenvalue weighted by molar-refractivity contribution is 0.660. The summed E-state index contributed by atoms with van der Waals surface area (Å²) in [5, 5.41) is 3.61. The van der Waals surface area contributed by atoms with Crippen LogP contribution in [0.4, 0.5) is 0 Å². The van der Waals surface area contributed by atoms with E-state index < -0.39 is 0 Å². The molecule has 0 saturated carbocycles. The first-order valence-corrected chi connectivity index (χ1v) is 6.66. The third-order valence-electron chi connectivity index (χ3n) is 3.52. The van der Waals surface area contributed by atoms with Gasteiger partial charge in [-0.25, -0.2) is 0 Å². The summed E-state index contributed by atoms with van der Waals surface area (Å²) < 4.78 is 5.83. The van der Waals surface area contributed by atoms with Crippen LogP contribution in [-0.4, -0.2) is 0 Å². The van der Waals surface area contributed by atoms with Crippen LogP contribution in [0.5, 0.6) is 0 Å². The summed E-state index contributed by atoms with van der Waals surface area (Å²) in [7, 11) is 0. The van der Waals surface area contributed by atoms with E-state index in [1.54, 1.807) is 12.1 Å². The Bertz CT molecular complexity index is 1030. The molecule has 0 bridgehead atoms. The SMILES string of the molecule is O=c1c2ccccc2oc2cc3cccc(Cl)c3cc12. The minimum absolute atomic E-state index is 0.0244. The van der Waals surface area contributed by atoms with Crippen molar-refractivity contribution < 1.29 is 4.42 Å². The summed E-state index contributed by atoms with van der Waals surface area (Å²) in [5.41, 5.74) is 1.17. The highest BCUT2D eigenvalue weighted by Gasteiger charge is 2.09. The lowest BCUT2D eigenvalue weighted by atomic mass is 10.1. The van der Waals surface area contributed by atoms with Crippen LogP contribution in [0.1, 0.15) is 0 Å². The molecule has 0 unspecified atom stereocenters. The third kappa shape index (κ3) is 1.55. The lowest BCUT2D eigenvalue weighted by Gasteiger charge is -2.04. The maximum absolute atomic E-state index is 12.5. The molecule has 0 aliphatic carbocycles. The summed E-state index contributed by atoms with van der Waals surface area (Å²) in [4.78, 5) is 12.5. The van der Waals surface area contributed by atoms with E-state index in [2.05, 4.69) is 0 Å². The van der Waals surface area contributed by atoms with Crippen molar-refractivity contribution in [2.24, 2.45) is 0 Å². The molecule has 0 aliphatic rings. The predicted octanol–water partition coefficient (Wildman–Crippen LogP) is 4.75. The van der Waals surface area contributed by atoms with Crippen LogP contribution in [0.15, 0.2) is 63.8 Å². The van der Waals surface area contributed by atoms with Crippen molar-refractivity contribution in [3.8, 4) is 0 Å². The van der Waals surface area contributed by atoms with Gasteiger partial charge in [-0.2, -0.15) is 0 Å². The Hall–Kier alpha value is -2.32. The van der Waals surface area contributed by atoms with Gasteiger partial charge in [0.1, 0.15) is 11.2 Å². The number of halogens is 1. The Kier molecular flexibility index (Phi) is 2.35. The van der Waals surface area contributed by atoms with E-state index >= 15 is 0 Å². The van der Waals surface area contributed by atoms with Crippen LogP contribution in [-0.2, 0) is 0 Å². The molecule has 0 saturated heterocycles. The second kappa shape index (κ2) is 4.09. The average Bonchev–Trinajstić information content (AvgIpc) is 2.47. The molecular formula is C17H9ClO2. The summed E-state index contributed by atoms with van der Waals surface area (Å²) >= 11 is 6.20. The molecule has 0 aliphatic heterocycles. The molecule has 20 heavy (non-hydrogen) atoms. The van der Waals surface area contributed by atoms with Crippen molar-refractivity contribution in [1.29, 1.82) is 0 Å². The zero-order valence-corrected chi connectivity index (χ0v) is 11.1. The van der Waals surface area contributed by atoms with Gasteiger partial charge < -0.3 is 4.42 Å². The molecule has 96 valence electrons. The number of benzene rings is 3. The van der Waals surface area contributed by atoms with Gasteiger partial charge in [-0.15, -0.1) is 0 Å². The van der Waals surface area contributed by atoms with Crippen molar-refractivity contribution >= 4 is 44.3 Å². The fraction of sp³-hybridized carbons (Fsp3) is 0. The molecule has 0 spiro atoms. The van der Waals surface area contributed by atoms with Gasteiger partial charge in [0.15, 0.2) is 0 Å².